The Morgan fingerprint density at radius 1 is 1.40 bits per heavy atom. The van der Waals surface area contributed by atoms with E-state index in [9.17, 15) is 0 Å². The maximum Gasteiger partial charge on any atom is 0.0136 e. The Morgan fingerprint density at radius 3 is 2.70 bits per heavy atom. The molecule has 0 saturated heterocycles. The summed E-state index contributed by atoms with van der Waals surface area (Å²) in [6.45, 7) is 1.87. The van der Waals surface area contributed by atoms with E-state index in [1.807, 2.05) is 0 Å². The molecule has 1 aliphatic rings. The molecule has 0 fully saturated rings. The molecule has 0 bridgehead atoms. The molecule has 0 aromatic carbocycles. The number of hydrogen-bond donors (Lipinski definition) is 2. The minimum absolute atomic E-state index is 0.701. The van der Waals surface area contributed by atoms with Crippen molar-refractivity contribution in [2.75, 3.05) is 13.1 Å². The van der Waals surface area contributed by atoms with Crippen LogP contribution in [0.5, 0.6) is 0 Å². The Morgan fingerprint density at radius 2 is 2.10 bits per heavy atom. The lowest BCUT2D eigenvalue weighted by Crippen LogP contribution is -2.28. The van der Waals surface area contributed by atoms with Crippen LogP contribution < -0.4 is 11.1 Å². The average Bonchev–Trinajstić information content (AvgIpc) is 2.41. The summed E-state index contributed by atoms with van der Waals surface area (Å²) in [5.74, 6) is 0. The lowest BCUT2D eigenvalue weighted by Gasteiger charge is -2.10. The highest BCUT2D eigenvalue weighted by atomic mass is 14.9. The topological polar surface area (TPSA) is 38.0 Å². The van der Waals surface area contributed by atoms with Gasteiger partial charge in [0.1, 0.15) is 0 Å². The van der Waals surface area contributed by atoms with E-state index < -0.39 is 0 Å². The van der Waals surface area contributed by atoms with Gasteiger partial charge in [-0.25, -0.2) is 0 Å². The lowest BCUT2D eigenvalue weighted by atomic mass is 10.2. The molecule has 0 saturated carbocycles. The molecular formula is C8H16N2. The Labute approximate surface area is 62.5 Å². The summed E-state index contributed by atoms with van der Waals surface area (Å²) >= 11 is 0. The van der Waals surface area contributed by atoms with E-state index in [4.69, 9.17) is 5.73 Å². The SMILES string of the molecule is NCCCNC1CC=CC1. The molecule has 1 aliphatic carbocycles. The first-order chi connectivity index (χ1) is 4.93. The summed E-state index contributed by atoms with van der Waals surface area (Å²) in [5, 5.41) is 3.44. The summed E-state index contributed by atoms with van der Waals surface area (Å²) in [6, 6.07) is 0.701. The average molecular weight is 140 g/mol. The first-order valence-corrected chi connectivity index (χ1v) is 4.02. The number of nitrogens with one attached hydrogen (secondary N) is 1. The molecule has 1 rings (SSSR count). The monoisotopic (exact) mass is 140 g/mol. The molecule has 0 unspecified atom stereocenters. The fraction of sp³-hybridized carbons (Fsp3) is 0.750. The van der Waals surface area contributed by atoms with Gasteiger partial charge in [0.2, 0.25) is 0 Å². The van der Waals surface area contributed by atoms with Crippen LogP contribution in [0.1, 0.15) is 19.3 Å². The van der Waals surface area contributed by atoms with Gasteiger partial charge in [-0.1, -0.05) is 12.2 Å². The summed E-state index contributed by atoms with van der Waals surface area (Å²) < 4.78 is 0. The van der Waals surface area contributed by atoms with E-state index >= 15 is 0 Å². The zero-order valence-corrected chi connectivity index (χ0v) is 6.34. The fourth-order valence-corrected chi connectivity index (χ4v) is 1.19. The van der Waals surface area contributed by atoms with Gasteiger partial charge in [-0.15, -0.1) is 0 Å². The van der Waals surface area contributed by atoms with Crippen LogP contribution in [0, 0.1) is 0 Å². The van der Waals surface area contributed by atoms with Gasteiger partial charge in [-0.3, -0.25) is 0 Å². The molecular weight excluding hydrogens is 124 g/mol. The zero-order chi connectivity index (χ0) is 7.23. The highest BCUT2D eigenvalue weighted by Gasteiger charge is 2.07. The van der Waals surface area contributed by atoms with Crippen molar-refractivity contribution in [3.8, 4) is 0 Å². The summed E-state index contributed by atoms with van der Waals surface area (Å²) in [4.78, 5) is 0. The van der Waals surface area contributed by atoms with Gasteiger partial charge in [0.05, 0.1) is 0 Å². The maximum absolute atomic E-state index is 5.36. The van der Waals surface area contributed by atoms with Crippen molar-refractivity contribution in [2.24, 2.45) is 5.73 Å². The van der Waals surface area contributed by atoms with Crippen LogP contribution in [-0.2, 0) is 0 Å². The molecule has 0 aromatic rings. The number of rotatable bonds is 4. The number of nitrogens with two attached hydrogens (primary N) is 1. The molecule has 0 spiro atoms. The molecule has 0 heterocycles. The summed E-state index contributed by atoms with van der Waals surface area (Å²) in [6.07, 6.45) is 7.96. The van der Waals surface area contributed by atoms with Gasteiger partial charge < -0.3 is 11.1 Å². The van der Waals surface area contributed by atoms with Crippen molar-refractivity contribution >= 4 is 0 Å². The molecule has 0 aliphatic heterocycles. The smallest absolute Gasteiger partial charge is 0.0136 e. The second kappa shape index (κ2) is 4.47. The van der Waals surface area contributed by atoms with Crippen LogP contribution in [0.4, 0.5) is 0 Å². The molecule has 58 valence electrons. The highest BCUT2D eigenvalue weighted by molar-refractivity contribution is 4.97. The van der Waals surface area contributed by atoms with Gasteiger partial charge in [0, 0.05) is 6.04 Å². The third-order valence-electron chi connectivity index (χ3n) is 1.82. The van der Waals surface area contributed by atoms with Crippen molar-refractivity contribution < 1.29 is 0 Å². The minimum atomic E-state index is 0.701. The van der Waals surface area contributed by atoms with E-state index in [0.717, 1.165) is 19.5 Å². The standard InChI is InChI=1S/C8H16N2/c9-6-3-7-10-8-4-1-2-5-8/h1-2,8,10H,3-7,9H2. The van der Waals surface area contributed by atoms with Gasteiger partial charge in [-0.2, -0.15) is 0 Å². The van der Waals surface area contributed by atoms with Gasteiger partial charge in [0.15, 0.2) is 0 Å². The van der Waals surface area contributed by atoms with Crippen molar-refractivity contribution in [2.45, 2.75) is 25.3 Å². The normalized spacial score (nSPS) is 18.5. The molecule has 0 radical (unpaired) electrons. The molecule has 2 nitrogen and oxygen atoms in total. The predicted molar refractivity (Wildman–Crippen MR) is 43.8 cm³/mol. The Kier molecular flexibility index (Phi) is 3.47. The largest absolute Gasteiger partial charge is 0.330 e. The van der Waals surface area contributed by atoms with Gasteiger partial charge in [-0.05, 0) is 32.4 Å². The van der Waals surface area contributed by atoms with Crippen LogP contribution in [0.3, 0.4) is 0 Å². The Balaban J connectivity index is 1.93. The van der Waals surface area contributed by atoms with E-state index in [-0.39, 0.29) is 0 Å². The van der Waals surface area contributed by atoms with E-state index in [1.165, 1.54) is 12.8 Å². The molecule has 10 heavy (non-hydrogen) atoms. The van der Waals surface area contributed by atoms with Crippen LogP contribution >= 0.6 is 0 Å². The molecule has 3 N–H and O–H groups in total. The van der Waals surface area contributed by atoms with E-state index in [0.29, 0.717) is 6.04 Å². The van der Waals surface area contributed by atoms with Crippen molar-refractivity contribution in [1.29, 1.82) is 0 Å². The fourth-order valence-electron chi connectivity index (χ4n) is 1.19. The van der Waals surface area contributed by atoms with Crippen LogP contribution in [0.15, 0.2) is 12.2 Å². The van der Waals surface area contributed by atoms with Crippen molar-refractivity contribution in [3.63, 3.8) is 0 Å². The third kappa shape index (κ3) is 2.50. The predicted octanol–water partition coefficient (Wildman–Crippen LogP) is 0.643. The lowest BCUT2D eigenvalue weighted by molar-refractivity contribution is 0.530. The van der Waals surface area contributed by atoms with E-state index in [2.05, 4.69) is 17.5 Å². The summed E-state index contributed by atoms with van der Waals surface area (Å²) in [5.41, 5.74) is 5.36. The van der Waals surface area contributed by atoms with Crippen molar-refractivity contribution in [1.82, 2.24) is 5.32 Å². The second-order valence-corrected chi connectivity index (χ2v) is 2.74. The second-order valence-electron chi connectivity index (χ2n) is 2.74. The molecule has 0 aromatic heterocycles. The van der Waals surface area contributed by atoms with Crippen molar-refractivity contribution in [3.05, 3.63) is 12.2 Å². The van der Waals surface area contributed by atoms with Gasteiger partial charge >= 0.3 is 0 Å². The van der Waals surface area contributed by atoms with Crippen LogP contribution in [0.25, 0.3) is 0 Å². The Bertz CT molecular complexity index is 102. The maximum atomic E-state index is 5.36. The molecule has 0 atom stereocenters. The van der Waals surface area contributed by atoms with Crippen LogP contribution in [0.2, 0.25) is 0 Å². The van der Waals surface area contributed by atoms with Gasteiger partial charge in [0.25, 0.3) is 0 Å². The minimum Gasteiger partial charge on any atom is -0.330 e. The number of hydrogen-bond acceptors (Lipinski definition) is 2. The van der Waals surface area contributed by atoms with Crippen LogP contribution in [-0.4, -0.2) is 19.1 Å². The molecule has 0 amide bonds. The molecule has 2 heteroatoms. The first-order valence-electron chi connectivity index (χ1n) is 4.02. The Hall–Kier alpha value is -0.340. The summed E-state index contributed by atoms with van der Waals surface area (Å²) in [7, 11) is 0. The first kappa shape index (κ1) is 7.76. The van der Waals surface area contributed by atoms with E-state index in [1.54, 1.807) is 0 Å². The highest BCUT2D eigenvalue weighted by Crippen LogP contribution is 2.08. The quantitative estimate of drug-likeness (QED) is 0.444. The zero-order valence-electron chi connectivity index (χ0n) is 6.34. The third-order valence-corrected chi connectivity index (χ3v) is 1.82.